The average Bonchev–Trinajstić information content (AvgIpc) is 2.04. The molecule has 0 amide bonds. The number of hydrogen-bond donors (Lipinski definition) is 0. The minimum atomic E-state index is -1.28. The van der Waals surface area contributed by atoms with E-state index >= 15 is 0 Å². The van der Waals surface area contributed by atoms with Crippen LogP contribution < -0.4 is 5.34 Å². The zero-order chi connectivity index (χ0) is 9.14. The number of hydrogen-bond acceptors (Lipinski definition) is 3. The SMILES string of the molecule is O=[N+]([O-])c1ccccc1N(F)F. The lowest BCUT2D eigenvalue weighted by atomic mass is 10.3. The number of nitro benzene ring substituents is 1. The van der Waals surface area contributed by atoms with E-state index in [2.05, 4.69) is 0 Å². The summed E-state index contributed by atoms with van der Waals surface area (Å²) in [6.07, 6.45) is 0. The molecule has 0 spiro atoms. The van der Waals surface area contributed by atoms with Crippen LogP contribution in [0.5, 0.6) is 0 Å². The molecule has 0 aliphatic rings. The van der Waals surface area contributed by atoms with Crippen molar-refractivity contribution >= 4 is 11.4 Å². The van der Waals surface area contributed by atoms with Crippen LogP contribution in [0.4, 0.5) is 20.3 Å². The van der Waals surface area contributed by atoms with E-state index in [-0.39, 0.29) is 0 Å². The molecular formula is C6H4F2N2O2. The van der Waals surface area contributed by atoms with Gasteiger partial charge in [0.25, 0.3) is 5.69 Å². The maximum atomic E-state index is 11.9. The Morgan fingerprint density at radius 2 is 1.92 bits per heavy atom. The van der Waals surface area contributed by atoms with Crippen molar-refractivity contribution in [1.82, 2.24) is 0 Å². The molecule has 0 atom stereocenters. The lowest BCUT2D eigenvalue weighted by Crippen LogP contribution is -2.00. The van der Waals surface area contributed by atoms with Crippen molar-refractivity contribution in [2.24, 2.45) is 0 Å². The number of para-hydroxylation sites is 2. The summed E-state index contributed by atoms with van der Waals surface area (Å²) >= 11 is 0. The van der Waals surface area contributed by atoms with Gasteiger partial charge in [0.1, 0.15) is 0 Å². The summed E-state index contributed by atoms with van der Waals surface area (Å²) < 4.78 is 23.8. The Balaban J connectivity index is 3.17. The summed E-state index contributed by atoms with van der Waals surface area (Å²) in [7, 11) is 0. The van der Waals surface area contributed by atoms with Crippen LogP contribution in [-0.2, 0) is 0 Å². The van der Waals surface area contributed by atoms with Crippen molar-refractivity contribution in [2.75, 3.05) is 5.34 Å². The van der Waals surface area contributed by atoms with Gasteiger partial charge >= 0.3 is 0 Å². The van der Waals surface area contributed by atoms with Gasteiger partial charge in [-0.1, -0.05) is 21.1 Å². The summed E-state index contributed by atoms with van der Waals surface area (Å²) in [5, 5.41) is 8.89. The normalized spacial score (nSPS) is 9.50. The molecule has 0 bridgehead atoms. The molecule has 6 heteroatoms. The highest BCUT2D eigenvalue weighted by Gasteiger charge is 2.17. The largest absolute Gasteiger partial charge is 0.298 e. The Labute approximate surface area is 66.0 Å². The van der Waals surface area contributed by atoms with Gasteiger partial charge < -0.3 is 0 Å². The molecule has 4 nitrogen and oxygen atoms in total. The second kappa shape index (κ2) is 3.12. The van der Waals surface area contributed by atoms with Gasteiger partial charge in [0.15, 0.2) is 5.69 Å². The molecule has 1 rings (SSSR count). The zero-order valence-electron chi connectivity index (χ0n) is 5.78. The van der Waals surface area contributed by atoms with Crippen LogP contribution >= 0.6 is 0 Å². The molecule has 12 heavy (non-hydrogen) atoms. The van der Waals surface area contributed by atoms with Gasteiger partial charge in [0.2, 0.25) is 0 Å². The smallest absolute Gasteiger partial charge is 0.258 e. The quantitative estimate of drug-likeness (QED) is 0.392. The number of benzene rings is 1. The number of nitro groups is 1. The van der Waals surface area contributed by atoms with Crippen molar-refractivity contribution in [3.05, 3.63) is 34.4 Å². The van der Waals surface area contributed by atoms with E-state index in [1.54, 1.807) is 0 Å². The van der Waals surface area contributed by atoms with Gasteiger partial charge in [0, 0.05) is 6.07 Å². The van der Waals surface area contributed by atoms with E-state index in [1.807, 2.05) is 0 Å². The maximum absolute atomic E-state index is 11.9. The van der Waals surface area contributed by atoms with Crippen LogP contribution in [0.15, 0.2) is 24.3 Å². The van der Waals surface area contributed by atoms with Crippen LogP contribution in [0.25, 0.3) is 0 Å². The van der Waals surface area contributed by atoms with Crippen molar-refractivity contribution in [2.45, 2.75) is 0 Å². The Hall–Kier alpha value is -1.72. The van der Waals surface area contributed by atoms with E-state index in [9.17, 15) is 19.1 Å². The summed E-state index contributed by atoms with van der Waals surface area (Å²) in [5.74, 6) is 0. The lowest BCUT2D eigenvalue weighted by molar-refractivity contribution is -0.384. The Bertz CT molecular complexity index is 303. The average molecular weight is 174 g/mol. The van der Waals surface area contributed by atoms with Crippen LogP contribution in [0, 0.1) is 10.1 Å². The maximum Gasteiger partial charge on any atom is 0.298 e. The molecule has 0 radical (unpaired) electrons. The first-order valence-electron chi connectivity index (χ1n) is 2.98. The van der Waals surface area contributed by atoms with Crippen molar-refractivity contribution in [3.8, 4) is 0 Å². The van der Waals surface area contributed by atoms with Gasteiger partial charge in [0.05, 0.1) is 4.92 Å². The monoisotopic (exact) mass is 174 g/mol. The second-order valence-electron chi connectivity index (χ2n) is 1.98. The highest BCUT2D eigenvalue weighted by atomic mass is 19.4. The zero-order valence-corrected chi connectivity index (χ0v) is 5.78. The predicted octanol–water partition coefficient (Wildman–Crippen LogP) is 2.17. The molecule has 0 saturated carbocycles. The second-order valence-corrected chi connectivity index (χ2v) is 1.98. The first-order chi connectivity index (χ1) is 5.63. The topological polar surface area (TPSA) is 46.4 Å². The van der Waals surface area contributed by atoms with Gasteiger partial charge in [-0.05, 0) is 11.4 Å². The Morgan fingerprint density at radius 3 is 2.33 bits per heavy atom. The molecule has 0 N–H and O–H groups in total. The van der Waals surface area contributed by atoms with Crippen LogP contribution in [0.1, 0.15) is 0 Å². The molecule has 0 unspecified atom stereocenters. The molecule has 0 aromatic heterocycles. The minimum Gasteiger partial charge on any atom is -0.258 e. The molecule has 0 aliphatic carbocycles. The van der Waals surface area contributed by atoms with E-state index in [4.69, 9.17) is 0 Å². The molecule has 64 valence electrons. The standard InChI is InChI=1S/C6H4F2N2O2/c7-9(8)5-3-1-2-4-6(5)10(11)12/h1-4H. The lowest BCUT2D eigenvalue weighted by Gasteiger charge is -2.01. The predicted molar refractivity (Wildman–Crippen MR) is 37.8 cm³/mol. The van der Waals surface area contributed by atoms with Gasteiger partial charge in [-0.3, -0.25) is 10.1 Å². The van der Waals surface area contributed by atoms with Gasteiger partial charge in [-0.15, -0.1) is 0 Å². The fraction of sp³-hybridized carbons (Fsp3) is 0. The molecule has 0 aliphatic heterocycles. The fourth-order valence-electron chi connectivity index (χ4n) is 0.761. The van der Waals surface area contributed by atoms with E-state index in [1.165, 1.54) is 12.1 Å². The minimum absolute atomic E-state index is 0.609. The van der Waals surface area contributed by atoms with Gasteiger partial charge in [-0.2, -0.15) is 0 Å². The molecule has 0 fully saturated rings. The molecule has 1 aromatic carbocycles. The highest BCUT2D eigenvalue weighted by molar-refractivity contribution is 5.59. The van der Waals surface area contributed by atoms with Crippen LogP contribution in [0.2, 0.25) is 0 Å². The Kier molecular flexibility index (Phi) is 2.18. The number of anilines is 1. The number of rotatable bonds is 2. The van der Waals surface area contributed by atoms with Crippen LogP contribution in [-0.4, -0.2) is 4.92 Å². The van der Waals surface area contributed by atoms with Crippen molar-refractivity contribution < 1.29 is 13.9 Å². The van der Waals surface area contributed by atoms with E-state index in [0.717, 1.165) is 12.1 Å². The first kappa shape index (κ1) is 8.38. The first-order valence-corrected chi connectivity index (χ1v) is 2.98. The summed E-state index contributed by atoms with van der Waals surface area (Å²) in [5.41, 5.74) is -1.31. The van der Waals surface area contributed by atoms with Crippen molar-refractivity contribution in [3.63, 3.8) is 0 Å². The van der Waals surface area contributed by atoms with Crippen molar-refractivity contribution in [1.29, 1.82) is 0 Å². The summed E-state index contributed by atoms with van der Waals surface area (Å²) in [6.45, 7) is 0. The third kappa shape index (κ3) is 1.47. The van der Waals surface area contributed by atoms with E-state index < -0.39 is 21.6 Å². The fourth-order valence-corrected chi connectivity index (χ4v) is 0.761. The molecule has 1 aromatic rings. The third-order valence-corrected chi connectivity index (χ3v) is 1.26. The van der Waals surface area contributed by atoms with E-state index in [0.29, 0.717) is 0 Å². The summed E-state index contributed by atoms with van der Waals surface area (Å²) in [4.78, 5) is 9.31. The third-order valence-electron chi connectivity index (χ3n) is 1.26. The molecule has 0 saturated heterocycles. The Morgan fingerprint density at radius 1 is 1.33 bits per heavy atom. The molecule has 0 heterocycles. The summed E-state index contributed by atoms with van der Waals surface area (Å²) in [6, 6.07) is 4.61. The highest BCUT2D eigenvalue weighted by Crippen LogP contribution is 2.27. The molecular weight excluding hydrogens is 170 g/mol. The number of nitrogens with zero attached hydrogens (tertiary/aromatic N) is 2. The van der Waals surface area contributed by atoms with Gasteiger partial charge in [-0.25, -0.2) is 0 Å². The van der Waals surface area contributed by atoms with Crippen LogP contribution in [0.3, 0.4) is 0 Å². The number of halogens is 2.